The van der Waals surface area contributed by atoms with Crippen LogP contribution in [0.5, 0.6) is 5.75 Å². The van der Waals surface area contributed by atoms with Crippen molar-refractivity contribution in [3.63, 3.8) is 0 Å². The van der Waals surface area contributed by atoms with Gasteiger partial charge in [-0.15, -0.1) is 0 Å². The highest BCUT2D eigenvalue weighted by Crippen LogP contribution is 2.23. The third-order valence-corrected chi connectivity index (χ3v) is 6.56. The van der Waals surface area contributed by atoms with Crippen LogP contribution in [-0.2, 0) is 0 Å². The minimum atomic E-state index is -0.0985. The summed E-state index contributed by atoms with van der Waals surface area (Å²) in [6.07, 6.45) is 6.37. The number of hydrogen-bond donors (Lipinski definition) is 0. The predicted octanol–water partition coefficient (Wildman–Crippen LogP) is 10.1. The van der Waals surface area contributed by atoms with E-state index in [2.05, 4.69) is 0 Å². The molecule has 0 N–H and O–H groups in total. The normalized spacial score (nSPS) is 10.8. The number of rotatable bonds is 7. The van der Waals surface area contributed by atoms with Gasteiger partial charge >= 0.3 is 0 Å². The van der Waals surface area contributed by atoms with Crippen LogP contribution >= 0.6 is 46.4 Å². The Hall–Kier alpha value is -3.34. The van der Waals surface area contributed by atoms with E-state index < -0.39 is 0 Å². The van der Waals surface area contributed by atoms with Crippen molar-refractivity contribution in [2.75, 3.05) is 7.11 Å². The van der Waals surface area contributed by atoms with Crippen molar-refractivity contribution in [2.45, 2.75) is 6.92 Å². The minimum absolute atomic E-state index is 0.0466. The summed E-state index contributed by atoms with van der Waals surface area (Å²) in [5.74, 6) is 0.569. The van der Waals surface area contributed by atoms with Crippen molar-refractivity contribution >= 4 is 70.1 Å². The molecule has 0 amide bonds. The Morgan fingerprint density at radius 2 is 1.15 bits per heavy atom. The molecule has 0 bridgehead atoms. The van der Waals surface area contributed by atoms with Crippen molar-refractivity contribution < 1.29 is 14.3 Å². The molecule has 0 saturated carbocycles. The molecule has 4 aromatic rings. The summed E-state index contributed by atoms with van der Waals surface area (Å²) in [5, 5.41) is 2.18. The Labute approximate surface area is 248 Å². The van der Waals surface area contributed by atoms with Crippen molar-refractivity contribution in [1.29, 1.82) is 0 Å². The standard InChI is InChI=1S/C16H12Cl2O2.C16H12Cl2O/c1-20-14-7-3-12(4-8-14)16(19)9-5-11-2-6-13(17)10-15(11)18;1-11-3-2-4-13(9-11)16(19)8-6-12-5-7-14(17)10-15(12)18/h2-10H,1H3;2-10H,1H3. The highest BCUT2D eigenvalue weighted by molar-refractivity contribution is 6.36. The van der Waals surface area contributed by atoms with Gasteiger partial charge in [0, 0.05) is 31.2 Å². The Bertz CT molecular complexity index is 1520. The molecule has 3 nitrogen and oxygen atoms in total. The van der Waals surface area contributed by atoms with Crippen LogP contribution in [0.3, 0.4) is 0 Å². The van der Waals surface area contributed by atoms with Crippen LogP contribution in [0.2, 0.25) is 20.1 Å². The van der Waals surface area contributed by atoms with Gasteiger partial charge in [0.15, 0.2) is 11.6 Å². The summed E-state index contributed by atoms with van der Waals surface area (Å²) in [7, 11) is 1.58. The monoisotopic (exact) mass is 596 g/mol. The van der Waals surface area contributed by atoms with Gasteiger partial charge in [0.2, 0.25) is 0 Å². The van der Waals surface area contributed by atoms with Crippen LogP contribution in [0.4, 0.5) is 0 Å². The van der Waals surface area contributed by atoms with Crippen LogP contribution in [0.15, 0.2) is 97.1 Å². The zero-order valence-electron chi connectivity index (χ0n) is 21.1. The molecular formula is C32H24Cl4O3. The molecule has 4 rings (SSSR count). The molecule has 39 heavy (non-hydrogen) atoms. The maximum absolute atomic E-state index is 12.0. The van der Waals surface area contributed by atoms with Gasteiger partial charge < -0.3 is 4.74 Å². The lowest BCUT2D eigenvalue weighted by Gasteiger charge is -2.01. The van der Waals surface area contributed by atoms with Crippen LogP contribution < -0.4 is 4.74 Å². The molecule has 0 atom stereocenters. The lowest BCUT2D eigenvalue weighted by molar-refractivity contribution is 0.103. The predicted molar refractivity (Wildman–Crippen MR) is 164 cm³/mol. The van der Waals surface area contributed by atoms with Gasteiger partial charge in [-0.1, -0.05) is 82.3 Å². The van der Waals surface area contributed by atoms with Crippen molar-refractivity contribution in [2.24, 2.45) is 0 Å². The number of carbonyl (C=O) groups excluding carboxylic acids is 2. The molecule has 0 unspecified atom stereocenters. The van der Waals surface area contributed by atoms with Crippen LogP contribution in [0.1, 0.15) is 37.4 Å². The van der Waals surface area contributed by atoms with Gasteiger partial charge in [0.05, 0.1) is 7.11 Å². The Morgan fingerprint density at radius 1 is 0.641 bits per heavy atom. The van der Waals surface area contributed by atoms with E-state index in [1.54, 1.807) is 86.0 Å². The van der Waals surface area contributed by atoms with Gasteiger partial charge in [0.25, 0.3) is 0 Å². The fourth-order valence-corrected chi connectivity index (χ4v) is 4.29. The third kappa shape index (κ3) is 9.42. The first kappa shape index (κ1) is 30.2. The zero-order valence-corrected chi connectivity index (χ0v) is 24.2. The molecular weight excluding hydrogens is 574 g/mol. The second kappa shape index (κ2) is 14.7. The molecule has 0 aliphatic rings. The SMILES string of the molecule is COc1ccc(C(=O)C=Cc2ccc(Cl)cc2Cl)cc1.Cc1cccc(C(=O)C=Cc2ccc(Cl)cc2Cl)c1. The molecule has 0 fully saturated rings. The van der Waals surface area contributed by atoms with Crippen LogP contribution in [0, 0.1) is 6.92 Å². The summed E-state index contributed by atoms with van der Waals surface area (Å²) in [4.78, 5) is 24.0. The number of ether oxygens (including phenoxy) is 1. The maximum Gasteiger partial charge on any atom is 0.185 e. The molecule has 0 radical (unpaired) electrons. The first-order chi connectivity index (χ1) is 18.7. The molecule has 4 aromatic carbocycles. The number of benzene rings is 4. The van der Waals surface area contributed by atoms with Gasteiger partial charge in [-0.3, -0.25) is 9.59 Å². The number of halogens is 4. The van der Waals surface area contributed by atoms with Gasteiger partial charge in [-0.05, 0) is 97.0 Å². The molecule has 0 saturated heterocycles. The van der Waals surface area contributed by atoms with Gasteiger partial charge in [-0.25, -0.2) is 0 Å². The van der Waals surface area contributed by atoms with E-state index in [4.69, 9.17) is 51.1 Å². The summed E-state index contributed by atoms with van der Waals surface area (Å²) >= 11 is 23.7. The largest absolute Gasteiger partial charge is 0.497 e. The Morgan fingerprint density at radius 3 is 1.62 bits per heavy atom. The third-order valence-electron chi connectivity index (χ3n) is 5.43. The van der Waals surface area contributed by atoms with Gasteiger partial charge in [-0.2, -0.15) is 0 Å². The quantitative estimate of drug-likeness (QED) is 0.157. The zero-order chi connectivity index (χ0) is 28.4. The summed E-state index contributed by atoms with van der Waals surface area (Å²) in [5.41, 5.74) is 3.84. The van der Waals surface area contributed by atoms with E-state index >= 15 is 0 Å². The van der Waals surface area contributed by atoms with E-state index in [9.17, 15) is 9.59 Å². The molecule has 0 aliphatic carbocycles. The van der Waals surface area contributed by atoms with E-state index in [-0.39, 0.29) is 11.6 Å². The lowest BCUT2D eigenvalue weighted by atomic mass is 10.1. The smallest absolute Gasteiger partial charge is 0.185 e. The number of carbonyl (C=O) groups is 2. The Kier molecular flexibility index (Phi) is 11.4. The molecule has 0 aromatic heterocycles. The first-order valence-electron chi connectivity index (χ1n) is 11.7. The van der Waals surface area contributed by atoms with Crippen LogP contribution in [0.25, 0.3) is 12.2 Å². The highest BCUT2D eigenvalue weighted by atomic mass is 35.5. The Balaban J connectivity index is 0.000000216. The molecule has 0 aliphatic heterocycles. The second-order valence-electron chi connectivity index (χ2n) is 8.32. The fraction of sp³-hybridized carbons (Fsp3) is 0.0625. The molecule has 198 valence electrons. The number of methoxy groups -OCH3 is 1. The van der Waals surface area contributed by atoms with E-state index in [1.807, 2.05) is 25.1 Å². The average Bonchev–Trinajstić information content (AvgIpc) is 2.92. The number of ketones is 2. The number of hydrogen-bond acceptors (Lipinski definition) is 3. The lowest BCUT2D eigenvalue weighted by Crippen LogP contribution is -1.94. The van der Waals surface area contributed by atoms with Crippen molar-refractivity contribution in [3.05, 3.63) is 145 Å². The number of aryl methyl sites for hydroxylation is 1. The van der Waals surface area contributed by atoms with Crippen molar-refractivity contribution in [3.8, 4) is 5.75 Å². The van der Waals surface area contributed by atoms with Crippen LogP contribution in [-0.4, -0.2) is 18.7 Å². The fourth-order valence-electron chi connectivity index (χ4n) is 3.35. The molecule has 0 spiro atoms. The summed E-state index contributed by atoms with van der Waals surface area (Å²) in [6, 6.07) is 24.7. The maximum atomic E-state index is 12.0. The second-order valence-corrected chi connectivity index (χ2v) is 10.0. The van der Waals surface area contributed by atoms with E-state index in [0.717, 1.165) is 16.7 Å². The highest BCUT2D eigenvalue weighted by Gasteiger charge is 2.04. The average molecular weight is 598 g/mol. The number of allylic oxidation sites excluding steroid dienone is 2. The van der Waals surface area contributed by atoms with Crippen molar-refractivity contribution in [1.82, 2.24) is 0 Å². The van der Waals surface area contributed by atoms with E-state index in [1.165, 1.54) is 12.2 Å². The molecule has 7 heteroatoms. The topological polar surface area (TPSA) is 43.4 Å². The summed E-state index contributed by atoms with van der Waals surface area (Å²) in [6.45, 7) is 1.95. The van der Waals surface area contributed by atoms with Gasteiger partial charge in [0.1, 0.15) is 5.75 Å². The summed E-state index contributed by atoms with van der Waals surface area (Å²) < 4.78 is 5.05. The minimum Gasteiger partial charge on any atom is -0.497 e. The molecule has 0 heterocycles. The first-order valence-corrected chi connectivity index (χ1v) is 13.2. The van der Waals surface area contributed by atoms with E-state index in [0.29, 0.717) is 37.0 Å².